The van der Waals surface area contributed by atoms with E-state index in [0.29, 0.717) is 6.01 Å². The Morgan fingerprint density at radius 3 is 2.79 bits per heavy atom. The summed E-state index contributed by atoms with van der Waals surface area (Å²) in [6, 6.07) is 8.26. The van der Waals surface area contributed by atoms with Crippen molar-refractivity contribution in [2.75, 3.05) is 0 Å². The molecule has 1 aromatic heterocycles. The van der Waals surface area contributed by atoms with Gasteiger partial charge in [-0.05, 0) is 28.1 Å². The fourth-order valence-electron chi connectivity index (χ4n) is 1.08. The Kier molecular flexibility index (Phi) is 2.54. The molecule has 2 aromatic rings. The van der Waals surface area contributed by atoms with Gasteiger partial charge in [0.25, 0.3) is 0 Å². The van der Waals surface area contributed by atoms with E-state index in [0.717, 1.165) is 10.2 Å². The van der Waals surface area contributed by atoms with Gasteiger partial charge in [0, 0.05) is 19.4 Å². The Hall–Kier alpha value is -1.29. The van der Waals surface area contributed by atoms with E-state index in [9.17, 15) is 0 Å². The molecule has 0 radical (unpaired) electrons. The van der Waals surface area contributed by atoms with Crippen LogP contribution in [0.25, 0.3) is 0 Å². The van der Waals surface area contributed by atoms with Crippen molar-refractivity contribution in [3.63, 3.8) is 0 Å². The summed E-state index contributed by atoms with van der Waals surface area (Å²) in [4.78, 5) is 4.07. The number of nitrogens with zero attached hydrogens (tertiary/aromatic N) is 2. The highest BCUT2D eigenvalue weighted by Gasteiger charge is 2.04. The highest BCUT2D eigenvalue weighted by atomic mass is 79.9. The predicted octanol–water partition coefficient (Wildman–Crippen LogP) is 2.97. The first kappa shape index (κ1) is 9.27. The minimum atomic E-state index is 0.580. The number of imidazole rings is 1. The fourth-order valence-corrected chi connectivity index (χ4v) is 1.44. The second-order valence-corrected chi connectivity index (χ2v) is 3.71. The molecule has 0 spiro atoms. The first-order chi connectivity index (χ1) is 6.77. The minimum Gasteiger partial charge on any atom is -0.424 e. The van der Waals surface area contributed by atoms with Crippen molar-refractivity contribution in [3.8, 4) is 11.8 Å². The lowest BCUT2D eigenvalue weighted by atomic mass is 10.3. The summed E-state index contributed by atoms with van der Waals surface area (Å²) in [6.07, 6.45) is 3.54. The van der Waals surface area contributed by atoms with Crippen LogP contribution < -0.4 is 4.74 Å². The van der Waals surface area contributed by atoms with Gasteiger partial charge < -0.3 is 9.30 Å². The van der Waals surface area contributed by atoms with Crippen LogP contribution in [0.15, 0.2) is 41.1 Å². The minimum absolute atomic E-state index is 0.580. The maximum Gasteiger partial charge on any atom is 0.301 e. The Labute approximate surface area is 90.5 Å². The lowest BCUT2D eigenvalue weighted by Crippen LogP contribution is -1.93. The van der Waals surface area contributed by atoms with Gasteiger partial charge in [-0.15, -0.1) is 0 Å². The van der Waals surface area contributed by atoms with Gasteiger partial charge >= 0.3 is 6.01 Å². The van der Waals surface area contributed by atoms with Crippen LogP contribution in [0.3, 0.4) is 0 Å². The summed E-state index contributed by atoms with van der Waals surface area (Å²) in [7, 11) is 1.89. The number of ether oxygens (including phenoxy) is 1. The summed E-state index contributed by atoms with van der Waals surface area (Å²) in [5.74, 6) is 0.766. The zero-order valence-electron chi connectivity index (χ0n) is 7.64. The molecule has 0 aliphatic heterocycles. The number of hydrogen-bond acceptors (Lipinski definition) is 2. The van der Waals surface area contributed by atoms with E-state index in [1.165, 1.54) is 0 Å². The Morgan fingerprint density at radius 1 is 1.36 bits per heavy atom. The van der Waals surface area contributed by atoms with Gasteiger partial charge in [-0.2, -0.15) is 0 Å². The second-order valence-electron chi connectivity index (χ2n) is 2.85. The average Bonchev–Trinajstić information content (AvgIpc) is 2.56. The van der Waals surface area contributed by atoms with Crippen molar-refractivity contribution in [1.82, 2.24) is 9.55 Å². The van der Waals surface area contributed by atoms with Crippen molar-refractivity contribution in [3.05, 3.63) is 41.1 Å². The summed E-state index contributed by atoms with van der Waals surface area (Å²) in [5.41, 5.74) is 0. The Balaban J connectivity index is 2.28. The molecule has 2 rings (SSSR count). The van der Waals surface area contributed by atoms with Gasteiger partial charge in [0.1, 0.15) is 5.75 Å². The van der Waals surface area contributed by atoms with Crippen molar-refractivity contribution < 1.29 is 4.74 Å². The van der Waals surface area contributed by atoms with Gasteiger partial charge in [0.05, 0.1) is 4.47 Å². The van der Waals surface area contributed by atoms with Crippen LogP contribution >= 0.6 is 15.9 Å². The first-order valence-electron chi connectivity index (χ1n) is 4.17. The molecule has 0 N–H and O–H groups in total. The molecule has 0 amide bonds. The number of rotatable bonds is 2. The van der Waals surface area contributed by atoms with Gasteiger partial charge in [0.2, 0.25) is 0 Å². The Bertz CT molecular complexity index is 439. The van der Waals surface area contributed by atoms with Gasteiger partial charge in [-0.3, -0.25) is 0 Å². The van der Waals surface area contributed by atoms with Crippen LogP contribution in [0.2, 0.25) is 0 Å². The third kappa shape index (κ3) is 1.80. The predicted molar refractivity (Wildman–Crippen MR) is 57.4 cm³/mol. The van der Waals surface area contributed by atoms with E-state index >= 15 is 0 Å². The van der Waals surface area contributed by atoms with E-state index in [2.05, 4.69) is 20.9 Å². The van der Waals surface area contributed by atoms with E-state index < -0.39 is 0 Å². The van der Waals surface area contributed by atoms with Crippen LogP contribution in [0.5, 0.6) is 11.8 Å². The standard InChI is InChI=1S/C10H9BrN2O/c1-13-7-6-12-10(13)14-9-5-3-2-4-8(9)11/h2-7H,1H3. The summed E-state index contributed by atoms with van der Waals surface area (Å²) >= 11 is 3.40. The second kappa shape index (κ2) is 3.84. The fraction of sp³-hybridized carbons (Fsp3) is 0.100. The molecule has 0 atom stereocenters. The molecular formula is C10H9BrN2O. The van der Waals surface area contributed by atoms with Crippen LogP contribution in [-0.2, 0) is 7.05 Å². The molecule has 3 nitrogen and oxygen atoms in total. The van der Waals surface area contributed by atoms with Crippen LogP contribution in [-0.4, -0.2) is 9.55 Å². The topological polar surface area (TPSA) is 27.1 Å². The van der Waals surface area contributed by atoms with Crippen LogP contribution in [0, 0.1) is 0 Å². The zero-order valence-corrected chi connectivity index (χ0v) is 9.23. The normalized spacial score (nSPS) is 10.1. The zero-order chi connectivity index (χ0) is 9.97. The third-order valence-electron chi connectivity index (χ3n) is 1.81. The molecule has 1 aromatic carbocycles. The molecule has 1 heterocycles. The highest BCUT2D eigenvalue weighted by Crippen LogP contribution is 2.27. The van der Waals surface area contributed by atoms with E-state index in [1.54, 1.807) is 6.20 Å². The van der Waals surface area contributed by atoms with E-state index in [1.807, 2.05) is 42.1 Å². The van der Waals surface area contributed by atoms with Crippen LogP contribution in [0.4, 0.5) is 0 Å². The average molecular weight is 253 g/mol. The summed E-state index contributed by atoms with van der Waals surface area (Å²) in [6.45, 7) is 0. The summed E-state index contributed by atoms with van der Waals surface area (Å²) < 4.78 is 8.32. The largest absolute Gasteiger partial charge is 0.424 e. The van der Waals surface area contributed by atoms with Crippen molar-refractivity contribution in [2.45, 2.75) is 0 Å². The van der Waals surface area contributed by atoms with E-state index in [4.69, 9.17) is 4.74 Å². The molecule has 0 fully saturated rings. The number of para-hydroxylation sites is 1. The van der Waals surface area contributed by atoms with E-state index in [-0.39, 0.29) is 0 Å². The SMILES string of the molecule is Cn1ccnc1Oc1ccccc1Br. The maximum absolute atomic E-state index is 5.58. The van der Waals surface area contributed by atoms with Gasteiger partial charge in [0.15, 0.2) is 0 Å². The molecule has 0 saturated carbocycles. The van der Waals surface area contributed by atoms with Gasteiger partial charge in [-0.25, -0.2) is 4.98 Å². The number of aromatic nitrogens is 2. The number of hydrogen-bond donors (Lipinski definition) is 0. The first-order valence-corrected chi connectivity index (χ1v) is 4.96. The van der Waals surface area contributed by atoms with Crippen molar-refractivity contribution in [2.24, 2.45) is 7.05 Å². The summed E-state index contributed by atoms with van der Waals surface area (Å²) in [5, 5.41) is 0. The van der Waals surface area contributed by atoms with Crippen LogP contribution in [0.1, 0.15) is 0 Å². The molecule has 14 heavy (non-hydrogen) atoms. The lowest BCUT2D eigenvalue weighted by Gasteiger charge is -2.05. The lowest BCUT2D eigenvalue weighted by molar-refractivity contribution is 0.422. The van der Waals surface area contributed by atoms with Crippen molar-refractivity contribution >= 4 is 15.9 Å². The molecule has 72 valence electrons. The van der Waals surface area contributed by atoms with Gasteiger partial charge in [-0.1, -0.05) is 12.1 Å². The third-order valence-corrected chi connectivity index (χ3v) is 2.47. The molecule has 0 saturated heterocycles. The molecule has 0 aliphatic carbocycles. The number of benzene rings is 1. The monoisotopic (exact) mass is 252 g/mol. The molecule has 0 aliphatic rings. The highest BCUT2D eigenvalue weighted by molar-refractivity contribution is 9.10. The maximum atomic E-state index is 5.58. The van der Waals surface area contributed by atoms with Crippen molar-refractivity contribution in [1.29, 1.82) is 0 Å². The Morgan fingerprint density at radius 2 is 2.14 bits per heavy atom. The molecular weight excluding hydrogens is 244 g/mol. The number of halogens is 1. The number of aryl methyl sites for hydroxylation is 1. The molecule has 0 bridgehead atoms. The molecule has 0 unspecified atom stereocenters. The molecule has 4 heteroatoms. The quantitative estimate of drug-likeness (QED) is 0.822. The smallest absolute Gasteiger partial charge is 0.301 e.